The highest BCUT2D eigenvalue weighted by molar-refractivity contribution is 5.66. The van der Waals surface area contributed by atoms with Crippen LogP contribution < -0.4 is 0 Å². The maximum atomic E-state index is 4.88. The van der Waals surface area contributed by atoms with Crippen molar-refractivity contribution in [1.82, 2.24) is 15.4 Å². The predicted octanol–water partition coefficient (Wildman–Crippen LogP) is 2.21. The highest BCUT2D eigenvalue weighted by atomic mass is 16.5. The Morgan fingerprint density at radius 1 is 1.29 bits per heavy atom. The lowest BCUT2D eigenvalue weighted by atomic mass is 9.90. The van der Waals surface area contributed by atoms with Gasteiger partial charge in [-0.15, -0.1) is 0 Å². The van der Waals surface area contributed by atoms with Crippen LogP contribution in [-0.4, -0.2) is 15.4 Å². The Morgan fingerprint density at radius 3 is 2.79 bits per heavy atom. The third-order valence-corrected chi connectivity index (χ3v) is 1.88. The molecule has 0 saturated carbocycles. The number of pyridine rings is 1. The summed E-state index contributed by atoms with van der Waals surface area (Å²) in [6, 6.07) is 3.82. The van der Waals surface area contributed by atoms with Crippen LogP contribution in [-0.2, 0) is 6.42 Å². The van der Waals surface area contributed by atoms with Crippen LogP contribution in [0.25, 0.3) is 11.2 Å². The summed E-state index contributed by atoms with van der Waals surface area (Å²) < 4.78 is 4.88. The minimum atomic E-state index is 0.234. The van der Waals surface area contributed by atoms with Crippen LogP contribution in [0.1, 0.15) is 26.5 Å². The van der Waals surface area contributed by atoms with Crippen LogP contribution in [0.2, 0.25) is 0 Å². The zero-order valence-corrected chi connectivity index (χ0v) is 8.61. The molecule has 0 aliphatic carbocycles. The first kappa shape index (κ1) is 9.12. The maximum absolute atomic E-state index is 4.88. The fourth-order valence-corrected chi connectivity index (χ4v) is 1.36. The van der Waals surface area contributed by atoms with Crippen molar-refractivity contribution in [2.45, 2.75) is 27.2 Å². The number of nitrogens with zero attached hydrogens (tertiary/aromatic N) is 3. The van der Waals surface area contributed by atoms with E-state index < -0.39 is 0 Å². The quantitative estimate of drug-likeness (QED) is 0.693. The van der Waals surface area contributed by atoms with E-state index in [1.54, 1.807) is 0 Å². The Labute approximate surface area is 82.3 Å². The van der Waals surface area contributed by atoms with Gasteiger partial charge in [0.15, 0.2) is 0 Å². The number of fused-ring (bicyclic) bond motifs is 1. The van der Waals surface area contributed by atoms with Crippen molar-refractivity contribution in [3.8, 4) is 0 Å². The molecule has 0 atom stereocenters. The molecule has 2 aromatic heterocycles. The summed E-state index contributed by atoms with van der Waals surface area (Å²) in [5.74, 6) is 0. The summed E-state index contributed by atoms with van der Waals surface area (Å²) in [5.41, 5.74) is 2.49. The molecule has 0 aliphatic heterocycles. The van der Waals surface area contributed by atoms with Crippen molar-refractivity contribution >= 4 is 11.2 Å². The molecule has 2 heterocycles. The number of hydrogen-bond donors (Lipinski definition) is 0. The van der Waals surface area contributed by atoms with E-state index in [2.05, 4.69) is 36.1 Å². The summed E-state index contributed by atoms with van der Waals surface area (Å²) in [7, 11) is 0. The van der Waals surface area contributed by atoms with E-state index in [1.165, 1.54) is 0 Å². The average Bonchev–Trinajstić information content (AvgIpc) is 2.47. The van der Waals surface area contributed by atoms with Gasteiger partial charge in [0.25, 0.3) is 0 Å². The second-order valence-electron chi connectivity index (χ2n) is 4.63. The van der Waals surface area contributed by atoms with Crippen LogP contribution >= 0.6 is 0 Å². The molecule has 74 valence electrons. The molecule has 0 aliphatic rings. The third-order valence-electron chi connectivity index (χ3n) is 1.88. The lowest BCUT2D eigenvalue weighted by Gasteiger charge is -2.16. The summed E-state index contributed by atoms with van der Waals surface area (Å²) in [4.78, 5) is 4.35. The lowest BCUT2D eigenvalue weighted by molar-refractivity contribution is 0.406. The molecule has 4 nitrogen and oxygen atoms in total. The molecule has 2 aromatic rings. The summed E-state index contributed by atoms with van der Waals surface area (Å²) in [6.07, 6.45) is 0.926. The van der Waals surface area contributed by atoms with E-state index in [1.807, 2.05) is 12.1 Å². The largest absolute Gasteiger partial charge is 0.335 e. The summed E-state index contributed by atoms with van der Waals surface area (Å²) in [5, 5.41) is 7.23. The molecule has 0 amide bonds. The molecule has 2 rings (SSSR count). The van der Waals surface area contributed by atoms with Crippen LogP contribution in [0.5, 0.6) is 0 Å². The van der Waals surface area contributed by atoms with Gasteiger partial charge in [-0.3, -0.25) is 0 Å². The van der Waals surface area contributed by atoms with Crippen molar-refractivity contribution < 1.29 is 4.52 Å². The van der Waals surface area contributed by atoms with E-state index in [0.717, 1.165) is 12.1 Å². The Balaban J connectivity index is 2.35. The second-order valence-corrected chi connectivity index (χ2v) is 4.63. The van der Waals surface area contributed by atoms with Crippen molar-refractivity contribution in [1.29, 1.82) is 0 Å². The number of aromatic nitrogens is 3. The lowest BCUT2D eigenvalue weighted by Crippen LogP contribution is -2.10. The van der Waals surface area contributed by atoms with Gasteiger partial charge in [0.1, 0.15) is 0 Å². The SMILES string of the molecule is CC(C)(C)Cc1ccc2onnc2n1. The molecular formula is C10H13N3O. The van der Waals surface area contributed by atoms with Crippen LogP contribution in [0, 0.1) is 5.41 Å². The Hall–Kier alpha value is -1.45. The monoisotopic (exact) mass is 191 g/mol. The van der Waals surface area contributed by atoms with E-state index in [4.69, 9.17) is 4.52 Å². The Morgan fingerprint density at radius 2 is 2.07 bits per heavy atom. The van der Waals surface area contributed by atoms with E-state index in [9.17, 15) is 0 Å². The molecule has 0 radical (unpaired) electrons. The molecule has 0 aromatic carbocycles. The second kappa shape index (κ2) is 3.04. The van der Waals surface area contributed by atoms with Gasteiger partial charge in [0.2, 0.25) is 11.2 Å². The van der Waals surface area contributed by atoms with Crippen molar-refractivity contribution in [2.24, 2.45) is 5.41 Å². The van der Waals surface area contributed by atoms with E-state index >= 15 is 0 Å². The van der Waals surface area contributed by atoms with Gasteiger partial charge in [0.05, 0.1) is 0 Å². The van der Waals surface area contributed by atoms with Gasteiger partial charge < -0.3 is 4.52 Å². The third kappa shape index (κ3) is 1.89. The van der Waals surface area contributed by atoms with E-state index in [-0.39, 0.29) is 5.41 Å². The minimum absolute atomic E-state index is 0.234. The van der Waals surface area contributed by atoms with Crippen LogP contribution in [0.4, 0.5) is 0 Å². The maximum Gasteiger partial charge on any atom is 0.223 e. The van der Waals surface area contributed by atoms with Crippen LogP contribution in [0.3, 0.4) is 0 Å². The Kier molecular flexibility index (Phi) is 1.98. The van der Waals surface area contributed by atoms with Crippen LogP contribution in [0.15, 0.2) is 16.7 Å². The van der Waals surface area contributed by atoms with Gasteiger partial charge in [-0.25, -0.2) is 4.98 Å². The fourth-order valence-electron chi connectivity index (χ4n) is 1.36. The zero-order valence-electron chi connectivity index (χ0n) is 8.61. The zero-order chi connectivity index (χ0) is 10.2. The van der Waals surface area contributed by atoms with E-state index in [0.29, 0.717) is 11.2 Å². The average molecular weight is 191 g/mol. The molecule has 0 spiro atoms. The minimum Gasteiger partial charge on any atom is -0.335 e. The highest BCUT2D eigenvalue weighted by Crippen LogP contribution is 2.20. The highest BCUT2D eigenvalue weighted by Gasteiger charge is 2.13. The number of hydrogen-bond acceptors (Lipinski definition) is 4. The van der Waals surface area contributed by atoms with Gasteiger partial charge in [-0.2, -0.15) is 0 Å². The molecule has 0 saturated heterocycles. The van der Waals surface area contributed by atoms with Crippen molar-refractivity contribution in [3.63, 3.8) is 0 Å². The first-order valence-corrected chi connectivity index (χ1v) is 4.63. The topological polar surface area (TPSA) is 51.8 Å². The molecular weight excluding hydrogens is 178 g/mol. The first-order chi connectivity index (χ1) is 6.54. The molecule has 0 unspecified atom stereocenters. The first-order valence-electron chi connectivity index (χ1n) is 4.63. The van der Waals surface area contributed by atoms with Crippen molar-refractivity contribution in [2.75, 3.05) is 0 Å². The number of rotatable bonds is 1. The fraction of sp³-hybridized carbons (Fsp3) is 0.500. The Bertz CT molecular complexity index is 442. The normalized spacial score (nSPS) is 12.2. The summed E-state index contributed by atoms with van der Waals surface area (Å²) >= 11 is 0. The van der Waals surface area contributed by atoms with Crippen molar-refractivity contribution in [3.05, 3.63) is 17.8 Å². The van der Waals surface area contributed by atoms with Gasteiger partial charge in [-0.1, -0.05) is 25.9 Å². The standard InChI is InChI=1S/C10H13N3O/c1-10(2,3)6-7-4-5-8-9(11-7)12-13-14-8/h4-5H,6H2,1-3H3. The van der Waals surface area contributed by atoms with Gasteiger partial charge in [-0.05, 0) is 24.0 Å². The van der Waals surface area contributed by atoms with Gasteiger partial charge >= 0.3 is 0 Å². The molecule has 0 N–H and O–H groups in total. The van der Waals surface area contributed by atoms with Gasteiger partial charge in [0, 0.05) is 11.0 Å². The molecule has 14 heavy (non-hydrogen) atoms. The summed E-state index contributed by atoms with van der Waals surface area (Å²) in [6.45, 7) is 6.54. The smallest absolute Gasteiger partial charge is 0.223 e. The molecule has 0 fully saturated rings. The molecule has 0 bridgehead atoms. The molecule has 4 heteroatoms. The predicted molar refractivity (Wildman–Crippen MR) is 52.8 cm³/mol.